The van der Waals surface area contributed by atoms with E-state index < -0.39 is 12.9 Å². The Morgan fingerprint density at radius 2 is 1.70 bits per heavy atom. The summed E-state index contributed by atoms with van der Waals surface area (Å²) in [7, 11) is 1.56. The van der Waals surface area contributed by atoms with Crippen molar-refractivity contribution in [3.8, 4) is 11.5 Å². The van der Waals surface area contributed by atoms with Crippen LogP contribution in [0.1, 0.15) is 17.4 Å². The molecule has 136 valence electrons. The molecule has 0 aliphatic carbocycles. The zero-order valence-corrected chi connectivity index (χ0v) is 14.8. The van der Waals surface area contributed by atoms with Gasteiger partial charge in [-0.2, -0.15) is 0 Å². The summed E-state index contributed by atoms with van der Waals surface area (Å²) in [5.41, 5.74) is 1.28. The zero-order valence-electron chi connectivity index (χ0n) is 14.8. The van der Waals surface area contributed by atoms with Crippen LogP contribution in [0.2, 0.25) is 0 Å². The molecule has 0 spiro atoms. The standard InChI is InChI=1S/C22H19NO4/c1-26-20-11-16-15-7-3-2-6-14(15)10-18(17(16)12-21(20)27-13-24)22(25)19-8-4-5-9-23-19/h2-12,22,24-25H,13H2,1H3. The van der Waals surface area contributed by atoms with Crippen molar-refractivity contribution < 1.29 is 19.7 Å². The number of hydrogen-bond donors (Lipinski definition) is 2. The maximum absolute atomic E-state index is 11.0. The molecule has 0 amide bonds. The van der Waals surface area contributed by atoms with Gasteiger partial charge >= 0.3 is 0 Å². The maximum atomic E-state index is 11.0. The van der Waals surface area contributed by atoms with Crippen LogP contribution in [-0.4, -0.2) is 29.1 Å². The van der Waals surface area contributed by atoms with Gasteiger partial charge in [-0.15, -0.1) is 0 Å². The Morgan fingerprint density at radius 3 is 2.44 bits per heavy atom. The number of methoxy groups -OCH3 is 1. The number of aliphatic hydroxyl groups excluding tert-OH is 2. The first-order chi connectivity index (χ1) is 13.2. The Morgan fingerprint density at radius 1 is 0.926 bits per heavy atom. The lowest BCUT2D eigenvalue weighted by Crippen LogP contribution is -2.04. The second-order valence-electron chi connectivity index (χ2n) is 6.17. The number of hydrogen-bond acceptors (Lipinski definition) is 5. The average Bonchev–Trinajstić information content (AvgIpc) is 2.73. The summed E-state index contributed by atoms with van der Waals surface area (Å²) in [5.74, 6) is 0.934. The van der Waals surface area contributed by atoms with Gasteiger partial charge in [0, 0.05) is 6.20 Å². The smallest absolute Gasteiger partial charge is 0.186 e. The van der Waals surface area contributed by atoms with Gasteiger partial charge in [0.2, 0.25) is 0 Å². The fourth-order valence-corrected chi connectivity index (χ4v) is 3.40. The van der Waals surface area contributed by atoms with E-state index in [2.05, 4.69) is 4.98 Å². The number of nitrogens with zero attached hydrogens (tertiary/aromatic N) is 1. The van der Waals surface area contributed by atoms with Gasteiger partial charge in [-0.1, -0.05) is 30.3 Å². The van der Waals surface area contributed by atoms with Gasteiger partial charge in [-0.3, -0.25) is 4.98 Å². The number of rotatable bonds is 5. The lowest BCUT2D eigenvalue weighted by molar-refractivity contribution is 0.0956. The molecule has 0 aliphatic rings. The van der Waals surface area contributed by atoms with Gasteiger partial charge < -0.3 is 19.7 Å². The van der Waals surface area contributed by atoms with Gasteiger partial charge in [-0.05, 0) is 57.4 Å². The summed E-state index contributed by atoms with van der Waals surface area (Å²) in [6.07, 6.45) is 0.763. The van der Waals surface area contributed by atoms with Gasteiger partial charge in [0.15, 0.2) is 18.3 Å². The van der Waals surface area contributed by atoms with Crippen LogP contribution in [0.3, 0.4) is 0 Å². The van der Waals surface area contributed by atoms with Crippen molar-refractivity contribution in [2.24, 2.45) is 0 Å². The maximum Gasteiger partial charge on any atom is 0.186 e. The molecule has 3 aromatic carbocycles. The Hall–Kier alpha value is -3.15. The number of aliphatic hydroxyl groups is 2. The van der Waals surface area contributed by atoms with Crippen molar-refractivity contribution >= 4 is 21.5 Å². The minimum absolute atomic E-state index is 0.414. The largest absolute Gasteiger partial charge is 0.493 e. The second-order valence-corrected chi connectivity index (χ2v) is 6.17. The third-order valence-corrected chi connectivity index (χ3v) is 4.66. The van der Waals surface area contributed by atoms with Crippen molar-refractivity contribution in [1.82, 2.24) is 4.98 Å². The average molecular weight is 361 g/mol. The molecule has 4 rings (SSSR count). The van der Waals surface area contributed by atoms with Crippen molar-refractivity contribution in [2.75, 3.05) is 13.9 Å². The molecule has 0 aliphatic heterocycles. The molecule has 0 bridgehead atoms. The van der Waals surface area contributed by atoms with E-state index in [1.807, 2.05) is 48.5 Å². The first-order valence-corrected chi connectivity index (χ1v) is 8.59. The molecule has 2 N–H and O–H groups in total. The molecule has 5 nitrogen and oxygen atoms in total. The van der Waals surface area contributed by atoms with E-state index in [-0.39, 0.29) is 0 Å². The van der Waals surface area contributed by atoms with Gasteiger partial charge in [0.1, 0.15) is 6.10 Å². The predicted octanol–water partition coefficient (Wildman–Crippen LogP) is 3.81. The van der Waals surface area contributed by atoms with Crippen LogP contribution in [0.5, 0.6) is 11.5 Å². The molecule has 1 atom stereocenters. The monoisotopic (exact) mass is 361 g/mol. The summed E-state index contributed by atoms with van der Waals surface area (Å²) >= 11 is 0. The quantitative estimate of drug-likeness (QED) is 0.418. The van der Waals surface area contributed by atoms with Gasteiger partial charge in [0.05, 0.1) is 12.8 Å². The first kappa shape index (κ1) is 17.3. The van der Waals surface area contributed by atoms with Crippen molar-refractivity contribution in [1.29, 1.82) is 0 Å². The third kappa shape index (κ3) is 3.07. The third-order valence-electron chi connectivity index (χ3n) is 4.66. The summed E-state index contributed by atoms with van der Waals surface area (Å²) in [6.45, 7) is -0.465. The van der Waals surface area contributed by atoms with Crippen LogP contribution in [0.25, 0.3) is 21.5 Å². The highest BCUT2D eigenvalue weighted by molar-refractivity contribution is 6.10. The molecule has 4 aromatic rings. The number of ether oxygens (including phenoxy) is 2. The van der Waals surface area contributed by atoms with E-state index in [4.69, 9.17) is 9.47 Å². The zero-order chi connectivity index (χ0) is 18.8. The molecular formula is C22H19NO4. The van der Waals surface area contributed by atoms with Crippen LogP contribution >= 0.6 is 0 Å². The van der Waals surface area contributed by atoms with E-state index in [0.717, 1.165) is 21.5 Å². The highest BCUT2D eigenvalue weighted by Crippen LogP contribution is 2.40. The van der Waals surface area contributed by atoms with E-state index in [9.17, 15) is 10.2 Å². The summed E-state index contributed by atoms with van der Waals surface area (Å²) in [4.78, 5) is 4.29. The molecule has 1 unspecified atom stereocenters. The molecular weight excluding hydrogens is 342 g/mol. The SMILES string of the molecule is COc1cc2c(cc1OCO)c(C(O)c1ccccn1)cc1ccccc12. The Kier molecular flexibility index (Phi) is 4.62. The number of fused-ring (bicyclic) bond motifs is 3. The predicted molar refractivity (Wildman–Crippen MR) is 104 cm³/mol. The van der Waals surface area contributed by atoms with E-state index in [1.165, 1.54) is 0 Å². The van der Waals surface area contributed by atoms with Gasteiger partial charge in [0.25, 0.3) is 0 Å². The van der Waals surface area contributed by atoms with Crippen LogP contribution in [-0.2, 0) is 0 Å². The van der Waals surface area contributed by atoms with Crippen LogP contribution < -0.4 is 9.47 Å². The molecule has 0 saturated heterocycles. The summed E-state index contributed by atoms with van der Waals surface area (Å²) in [5, 5.41) is 24.0. The molecule has 27 heavy (non-hydrogen) atoms. The molecule has 0 fully saturated rings. The minimum Gasteiger partial charge on any atom is -0.493 e. The lowest BCUT2D eigenvalue weighted by Gasteiger charge is -2.18. The van der Waals surface area contributed by atoms with Crippen LogP contribution in [0.15, 0.2) is 66.9 Å². The summed E-state index contributed by atoms with van der Waals surface area (Å²) < 4.78 is 10.8. The first-order valence-electron chi connectivity index (χ1n) is 8.59. The van der Waals surface area contributed by atoms with Crippen molar-refractivity contribution in [3.63, 3.8) is 0 Å². The summed E-state index contributed by atoms with van der Waals surface area (Å²) in [6, 6.07) is 19.1. The molecule has 0 radical (unpaired) electrons. The van der Waals surface area contributed by atoms with Crippen molar-refractivity contribution in [2.45, 2.75) is 6.10 Å². The second kappa shape index (κ2) is 7.23. The van der Waals surface area contributed by atoms with Crippen molar-refractivity contribution in [3.05, 3.63) is 78.1 Å². The number of benzene rings is 3. The van der Waals surface area contributed by atoms with Crippen LogP contribution in [0, 0.1) is 0 Å². The van der Waals surface area contributed by atoms with E-state index in [1.54, 1.807) is 25.4 Å². The molecule has 0 saturated carbocycles. The van der Waals surface area contributed by atoms with Gasteiger partial charge in [-0.25, -0.2) is 0 Å². The number of aromatic nitrogens is 1. The van der Waals surface area contributed by atoms with E-state index in [0.29, 0.717) is 22.8 Å². The molecule has 1 heterocycles. The Labute approximate surface area is 156 Å². The Bertz CT molecular complexity index is 1100. The molecule has 5 heteroatoms. The number of pyridine rings is 1. The van der Waals surface area contributed by atoms with E-state index >= 15 is 0 Å². The minimum atomic E-state index is -0.895. The molecule has 1 aromatic heterocycles. The topological polar surface area (TPSA) is 71.8 Å². The van der Waals surface area contributed by atoms with Crippen LogP contribution in [0.4, 0.5) is 0 Å². The fourth-order valence-electron chi connectivity index (χ4n) is 3.40. The lowest BCUT2D eigenvalue weighted by atomic mass is 9.93. The Balaban J connectivity index is 2.05. The fraction of sp³-hybridized carbons (Fsp3) is 0.136. The highest BCUT2D eigenvalue weighted by atomic mass is 16.6. The highest BCUT2D eigenvalue weighted by Gasteiger charge is 2.19. The normalized spacial score (nSPS) is 12.3.